The molecular weight excluding hydrogens is 182 g/mol. The van der Waals surface area contributed by atoms with E-state index in [1.807, 2.05) is 0 Å². The van der Waals surface area contributed by atoms with Crippen molar-refractivity contribution in [3.05, 3.63) is 0 Å². The van der Waals surface area contributed by atoms with Crippen molar-refractivity contribution in [1.82, 2.24) is 5.32 Å². The minimum Gasteiger partial charge on any atom is -0.394 e. The zero-order valence-corrected chi connectivity index (χ0v) is 9.13. The van der Waals surface area contributed by atoms with Crippen molar-refractivity contribution < 1.29 is 14.6 Å². The number of hydrogen-bond acceptors (Lipinski definition) is 4. The van der Waals surface area contributed by atoms with E-state index in [0.717, 1.165) is 32.7 Å². The van der Waals surface area contributed by atoms with Crippen molar-refractivity contribution in [2.45, 2.75) is 19.8 Å². The highest BCUT2D eigenvalue weighted by Crippen LogP contribution is 1.86. The lowest BCUT2D eigenvalue weighted by atomic mass is 10.4. The molecule has 86 valence electrons. The zero-order chi connectivity index (χ0) is 10.5. The van der Waals surface area contributed by atoms with E-state index in [1.165, 1.54) is 6.42 Å². The van der Waals surface area contributed by atoms with Crippen molar-refractivity contribution in [3.8, 4) is 0 Å². The zero-order valence-electron chi connectivity index (χ0n) is 9.13. The highest BCUT2D eigenvalue weighted by molar-refractivity contribution is 4.45. The highest BCUT2D eigenvalue weighted by Gasteiger charge is 1.89. The second kappa shape index (κ2) is 12.8. The lowest BCUT2D eigenvalue weighted by Crippen LogP contribution is -2.24. The van der Waals surface area contributed by atoms with Gasteiger partial charge in [0.25, 0.3) is 0 Å². The highest BCUT2D eigenvalue weighted by atomic mass is 16.5. The van der Waals surface area contributed by atoms with Crippen LogP contribution >= 0.6 is 0 Å². The maximum absolute atomic E-state index is 8.42. The molecule has 0 saturated heterocycles. The predicted molar refractivity (Wildman–Crippen MR) is 56.5 cm³/mol. The van der Waals surface area contributed by atoms with Gasteiger partial charge in [0.15, 0.2) is 0 Å². The summed E-state index contributed by atoms with van der Waals surface area (Å²) in [4.78, 5) is 0. The third-order valence-corrected chi connectivity index (χ3v) is 1.72. The quantitative estimate of drug-likeness (QED) is 0.479. The van der Waals surface area contributed by atoms with Crippen LogP contribution < -0.4 is 5.32 Å². The lowest BCUT2D eigenvalue weighted by Gasteiger charge is -2.05. The minimum absolute atomic E-state index is 0.0974. The van der Waals surface area contributed by atoms with Gasteiger partial charge in [-0.3, -0.25) is 0 Å². The Morgan fingerprint density at radius 3 is 2.21 bits per heavy atom. The van der Waals surface area contributed by atoms with Crippen molar-refractivity contribution >= 4 is 0 Å². The molecule has 0 radical (unpaired) electrons. The Balaban J connectivity index is 2.78. The van der Waals surface area contributed by atoms with Crippen LogP contribution in [0.15, 0.2) is 0 Å². The van der Waals surface area contributed by atoms with E-state index in [1.54, 1.807) is 0 Å². The molecule has 0 unspecified atom stereocenters. The molecule has 0 fully saturated rings. The van der Waals surface area contributed by atoms with Crippen molar-refractivity contribution in [2.24, 2.45) is 0 Å². The van der Waals surface area contributed by atoms with Gasteiger partial charge in [-0.15, -0.1) is 0 Å². The average Bonchev–Trinajstić information content (AvgIpc) is 2.21. The largest absolute Gasteiger partial charge is 0.394 e. The standard InChI is InChI=1S/C10H23NO3/c1-2-3-7-13-8-4-11-5-9-14-10-6-12/h11-12H,2-10H2,1H3. The molecule has 0 aromatic carbocycles. The Morgan fingerprint density at radius 2 is 1.64 bits per heavy atom. The van der Waals surface area contributed by atoms with Crippen LogP contribution in [0.25, 0.3) is 0 Å². The first-order valence-corrected chi connectivity index (χ1v) is 5.39. The van der Waals surface area contributed by atoms with E-state index >= 15 is 0 Å². The van der Waals surface area contributed by atoms with Gasteiger partial charge in [-0.2, -0.15) is 0 Å². The number of unbranched alkanes of at least 4 members (excludes halogenated alkanes) is 1. The summed E-state index contributed by atoms with van der Waals surface area (Å²) in [6, 6.07) is 0. The van der Waals surface area contributed by atoms with Gasteiger partial charge in [-0.25, -0.2) is 0 Å². The van der Waals surface area contributed by atoms with Crippen LogP contribution in [0.4, 0.5) is 0 Å². The van der Waals surface area contributed by atoms with E-state index in [-0.39, 0.29) is 6.61 Å². The van der Waals surface area contributed by atoms with Gasteiger partial charge in [-0.1, -0.05) is 13.3 Å². The Morgan fingerprint density at radius 1 is 1.00 bits per heavy atom. The maximum atomic E-state index is 8.42. The van der Waals surface area contributed by atoms with E-state index in [2.05, 4.69) is 12.2 Å². The second-order valence-electron chi connectivity index (χ2n) is 3.05. The Hall–Kier alpha value is -0.160. The molecule has 0 aliphatic rings. The second-order valence-corrected chi connectivity index (χ2v) is 3.05. The summed E-state index contributed by atoms with van der Waals surface area (Å²) in [5.74, 6) is 0. The van der Waals surface area contributed by atoms with Crippen LogP contribution in [0.3, 0.4) is 0 Å². The molecule has 0 atom stereocenters. The predicted octanol–water partition coefficient (Wildman–Crippen LogP) is 0.402. The van der Waals surface area contributed by atoms with Crippen LogP contribution in [0, 0.1) is 0 Å². The van der Waals surface area contributed by atoms with Gasteiger partial charge in [0.2, 0.25) is 0 Å². The number of aliphatic hydroxyl groups excluding tert-OH is 1. The van der Waals surface area contributed by atoms with Crippen LogP contribution in [-0.2, 0) is 9.47 Å². The molecule has 0 saturated carbocycles. The summed E-state index contributed by atoms with van der Waals surface area (Å²) < 4.78 is 10.4. The smallest absolute Gasteiger partial charge is 0.0698 e. The number of hydrogen-bond donors (Lipinski definition) is 2. The molecule has 0 heterocycles. The molecule has 2 N–H and O–H groups in total. The molecule has 0 amide bonds. The normalized spacial score (nSPS) is 10.7. The molecule has 0 aromatic rings. The van der Waals surface area contributed by atoms with Gasteiger partial charge in [0.05, 0.1) is 26.4 Å². The van der Waals surface area contributed by atoms with Gasteiger partial charge < -0.3 is 19.9 Å². The van der Waals surface area contributed by atoms with Gasteiger partial charge in [0, 0.05) is 19.7 Å². The van der Waals surface area contributed by atoms with E-state index in [0.29, 0.717) is 13.2 Å². The van der Waals surface area contributed by atoms with Crippen molar-refractivity contribution in [1.29, 1.82) is 0 Å². The molecule has 0 spiro atoms. The molecule has 0 rings (SSSR count). The number of aliphatic hydroxyl groups is 1. The van der Waals surface area contributed by atoms with Gasteiger partial charge >= 0.3 is 0 Å². The summed E-state index contributed by atoms with van der Waals surface area (Å²) >= 11 is 0. The number of nitrogens with one attached hydrogen (secondary N) is 1. The van der Waals surface area contributed by atoms with Gasteiger partial charge in [0.1, 0.15) is 0 Å². The number of ether oxygens (including phenoxy) is 2. The summed E-state index contributed by atoms with van der Waals surface area (Å²) in [6.07, 6.45) is 2.32. The summed E-state index contributed by atoms with van der Waals surface area (Å²) in [5.41, 5.74) is 0. The lowest BCUT2D eigenvalue weighted by molar-refractivity contribution is 0.0907. The molecule has 4 heteroatoms. The molecule has 0 aliphatic heterocycles. The first kappa shape index (κ1) is 13.8. The van der Waals surface area contributed by atoms with Crippen LogP contribution in [0.2, 0.25) is 0 Å². The topological polar surface area (TPSA) is 50.7 Å². The molecule has 0 aliphatic carbocycles. The first-order valence-electron chi connectivity index (χ1n) is 5.39. The van der Waals surface area contributed by atoms with E-state index < -0.39 is 0 Å². The Kier molecular flexibility index (Phi) is 12.7. The molecular formula is C10H23NO3. The molecule has 0 aromatic heterocycles. The van der Waals surface area contributed by atoms with E-state index in [9.17, 15) is 0 Å². The fourth-order valence-corrected chi connectivity index (χ4v) is 0.929. The summed E-state index contributed by atoms with van der Waals surface area (Å²) in [5, 5.41) is 11.6. The van der Waals surface area contributed by atoms with Crippen LogP contribution in [0.1, 0.15) is 19.8 Å². The fourth-order valence-electron chi connectivity index (χ4n) is 0.929. The molecule has 14 heavy (non-hydrogen) atoms. The Labute approximate surface area is 86.6 Å². The first-order chi connectivity index (χ1) is 6.91. The monoisotopic (exact) mass is 205 g/mol. The third-order valence-electron chi connectivity index (χ3n) is 1.72. The summed E-state index contributed by atoms with van der Waals surface area (Å²) in [7, 11) is 0. The summed E-state index contributed by atoms with van der Waals surface area (Å²) in [6.45, 7) is 6.63. The maximum Gasteiger partial charge on any atom is 0.0698 e. The minimum atomic E-state index is 0.0974. The molecule has 4 nitrogen and oxygen atoms in total. The third kappa shape index (κ3) is 11.8. The Bertz CT molecular complexity index is 89.4. The van der Waals surface area contributed by atoms with Crippen LogP contribution in [0.5, 0.6) is 0 Å². The average molecular weight is 205 g/mol. The van der Waals surface area contributed by atoms with Crippen molar-refractivity contribution in [2.75, 3.05) is 46.1 Å². The SMILES string of the molecule is CCCCOCCNCCOCCO. The molecule has 0 bridgehead atoms. The van der Waals surface area contributed by atoms with E-state index in [4.69, 9.17) is 14.6 Å². The fraction of sp³-hybridized carbons (Fsp3) is 1.00. The number of rotatable bonds is 11. The van der Waals surface area contributed by atoms with Gasteiger partial charge in [-0.05, 0) is 6.42 Å². The van der Waals surface area contributed by atoms with Crippen LogP contribution in [-0.4, -0.2) is 51.2 Å². The van der Waals surface area contributed by atoms with Crippen molar-refractivity contribution in [3.63, 3.8) is 0 Å².